The molecule has 2 aliphatic carbocycles. The first kappa shape index (κ1) is 21.8. The molecule has 1 heterocycles. The van der Waals surface area contributed by atoms with Gasteiger partial charge >= 0.3 is 0 Å². The molecule has 1 fully saturated rings. The van der Waals surface area contributed by atoms with E-state index < -0.39 is 0 Å². The second kappa shape index (κ2) is 10.2. The highest BCUT2D eigenvalue weighted by molar-refractivity contribution is 5.88. The van der Waals surface area contributed by atoms with E-state index in [0.717, 1.165) is 43.5 Å². The molecule has 2 N–H and O–H groups in total. The number of amides is 1. The summed E-state index contributed by atoms with van der Waals surface area (Å²) in [7, 11) is 0. The highest BCUT2D eigenvalue weighted by Gasteiger charge is 2.37. The summed E-state index contributed by atoms with van der Waals surface area (Å²) in [5, 5.41) is 0. The van der Waals surface area contributed by atoms with E-state index in [9.17, 15) is 4.79 Å². The first-order valence-corrected chi connectivity index (χ1v) is 10.9. The van der Waals surface area contributed by atoms with Crippen LogP contribution in [-0.4, -0.2) is 29.7 Å². The van der Waals surface area contributed by atoms with Crippen LogP contribution in [0.5, 0.6) is 0 Å². The minimum absolute atomic E-state index is 0.0501. The lowest BCUT2D eigenvalue weighted by Gasteiger charge is -2.16. The largest absolute Gasteiger partial charge is 0.387 e. The van der Waals surface area contributed by atoms with Crippen molar-refractivity contribution in [1.82, 2.24) is 4.90 Å². The van der Waals surface area contributed by atoms with Gasteiger partial charge in [-0.1, -0.05) is 50.0 Å². The molecule has 4 nitrogen and oxygen atoms in total. The zero-order valence-electron chi connectivity index (χ0n) is 18.2. The molecule has 0 aromatic heterocycles. The molecular formula is C26H33N3O. The molecule has 158 valence electrons. The third kappa shape index (κ3) is 5.59. The number of carbonyl (C=O) groups is 1. The van der Waals surface area contributed by atoms with Gasteiger partial charge in [0.15, 0.2) is 0 Å². The summed E-state index contributed by atoms with van der Waals surface area (Å²) in [6.07, 6.45) is 22.5. The molecule has 2 atom stereocenters. The normalized spacial score (nSPS) is 28.4. The van der Waals surface area contributed by atoms with Crippen molar-refractivity contribution < 1.29 is 4.79 Å². The van der Waals surface area contributed by atoms with Crippen molar-refractivity contribution in [3.8, 4) is 0 Å². The van der Waals surface area contributed by atoms with Crippen molar-refractivity contribution in [2.24, 2.45) is 22.6 Å². The van der Waals surface area contributed by atoms with Crippen molar-refractivity contribution in [2.45, 2.75) is 39.5 Å². The van der Waals surface area contributed by atoms with E-state index in [-0.39, 0.29) is 5.91 Å². The van der Waals surface area contributed by atoms with Crippen LogP contribution in [0.3, 0.4) is 0 Å². The molecule has 0 bridgehead atoms. The Morgan fingerprint density at radius 3 is 2.87 bits per heavy atom. The van der Waals surface area contributed by atoms with Crippen LogP contribution in [0.1, 0.15) is 39.5 Å². The number of nitrogens with zero attached hydrogens (tertiary/aromatic N) is 2. The van der Waals surface area contributed by atoms with E-state index in [1.807, 2.05) is 18.7 Å². The topological polar surface area (TPSA) is 58.7 Å². The second-order valence-corrected chi connectivity index (χ2v) is 8.26. The summed E-state index contributed by atoms with van der Waals surface area (Å²) in [4.78, 5) is 18.9. The molecule has 0 aromatic rings. The van der Waals surface area contributed by atoms with Crippen LogP contribution >= 0.6 is 0 Å². The monoisotopic (exact) mass is 403 g/mol. The van der Waals surface area contributed by atoms with Gasteiger partial charge < -0.3 is 10.6 Å². The van der Waals surface area contributed by atoms with E-state index in [1.165, 1.54) is 11.1 Å². The van der Waals surface area contributed by atoms with Crippen LogP contribution in [0.2, 0.25) is 0 Å². The van der Waals surface area contributed by atoms with Gasteiger partial charge in [-0.05, 0) is 66.4 Å². The van der Waals surface area contributed by atoms with Crippen molar-refractivity contribution >= 4 is 11.7 Å². The van der Waals surface area contributed by atoms with Gasteiger partial charge in [-0.25, -0.2) is 4.99 Å². The number of amidine groups is 1. The third-order valence-corrected chi connectivity index (χ3v) is 5.92. The Balaban J connectivity index is 1.63. The number of fused-ring (bicyclic) bond motifs is 1. The Hall–Kier alpha value is -2.88. The number of aliphatic imine (C=N–C) groups is 1. The molecule has 0 radical (unpaired) electrons. The quantitative estimate of drug-likeness (QED) is 0.293. The summed E-state index contributed by atoms with van der Waals surface area (Å²) in [6, 6.07) is 0. The maximum Gasteiger partial charge on any atom is 0.246 e. The smallest absolute Gasteiger partial charge is 0.246 e. The van der Waals surface area contributed by atoms with Gasteiger partial charge in [0.2, 0.25) is 5.91 Å². The van der Waals surface area contributed by atoms with Crippen LogP contribution in [-0.2, 0) is 4.79 Å². The van der Waals surface area contributed by atoms with Crippen LogP contribution in [0.25, 0.3) is 0 Å². The van der Waals surface area contributed by atoms with Crippen LogP contribution in [0.4, 0.5) is 0 Å². The standard InChI is InChI=1S/C26H33N3O/c1-4-25(27)28-16-21(19(2)3)12-13-26(30)29-17-23-14-22(15-24(23)18-29)20-10-8-6-5-7-9-11-20/h5-6,8,10-14,16,23-24H,2,4,7,9,15,17-18H2,1,3H3,(H2,27,28)/b6-5+,10-8-,13-12+,20-11+,21-16-. The zero-order valence-corrected chi connectivity index (χ0v) is 18.2. The second-order valence-electron chi connectivity index (χ2n) is 8.26. The molecule has 30 heavy (non-hydrogen) atoms. The molecule has 1 aliphatic heterocycles. The van der Waals surface area contributed by atoms with Gasteiger partial charge in [0.25, 0.3) is 0 Å². The summed E-state index contributed by atoms with van der Waals surface area (Å²) >= 11 is 0. The summed E-state index contributed by atoms with van der Waals surface area (Å²) in [6.45, 7) is 9.44. The van der Waals surface area contributed by atoms with Gasteiger partial charge in [0.1, 0.15) is 0 Å². The SMILES string of the molecule is C=C(C)C(=C\N=C(\N)CC)/C=C/C(=O)N1CC2C=C(C3=C/CC/C=C/C=C\3)CC2C1. The number of carbonyl (C=O) groups excluding carboxylic acids is 1. The summed E-state index contributed by atoms with van der Waals surface area (Å²) in [5.74, 6) is 1.60. The highest BCUT2D eigenvalue weighted by Crippen LogP contribution is 2.40. The molecule has 1 amide bonds. The predicted molar refractivity (Wildman–Crippen MR) is 126 cm³/mol. The maximum atomic E-state index is 12.7. The van der Waals surface area contributed by atoms with Crippen LogP contribution in [0.15, 0.2) is 88.7 Å². The van der Waals surface area contributed by atoms with E-state index in [0.29, 0.717) is 24.1 Å². The van der Waals surface area contributed by atoms with Gasteiger partial charge in [-0.15, -0.1) is 0 Å². The highest BCUT2D eigenvalue weighted by atomic mass is 16.2. The molecule has 0 aromatic carbocycles. The predicted octanol–water partition coefficient (Wildman–Crippen LogP) is 5.01. The Labute approximate surface area is 180 Å². The molecular weight excluding hydrogens is 370 g/mol. The number of likely N-dealkylation sites (tertiary alicyclic amines) is 1. The van der Waals surface area contributed by atoms with Crippen molar-refractivity contribution in [3.05, 3.63) is 83.7 Å². The van der Waals surface area contributed by atoms with Gasteiger partial charge in [-0.2, -0.15) is 0 Å². The van der Waals surface area contributed by atoms with Gasteiger partial charge in [0, 0.05) is 31.8 Å². The van der Waals surface area contributed by atoms with Crippen molar-refractivity contribution in [1.29, 1.82) is 0 Å². The first-order chi connectivity index (χ1) is 14.5. The fourth-order valence-electron chi connectivity index (χ4n) is 4.09. The number of hydrogen-bond donors (Lipinski definition) is 1. The molecule has 4 heteroatoms. The molecule has 0 spiro atoms. The summed E-state index contributed by atoms with van der Waals surface area (Å²) in [5.41, 5.74) is 10.2. The Morgan fingerprint density at radius 2 is 2.13 bits per heavy atom. The minimum atomic E-state index is 0.0501. The van der Waals surface area contributed by atoms with Crippen molar-refractivity contribution in [3.63, 3.8) is 0 Å². The van der Waals surface area contributed by atoms with Crippen molar-refractivity contribution in [2.75, 3.05) is 13.1 Å². The van der Waals surface area contributed by atoms with Gasteiger partial charge in [0.05, 0.1) is 5.84 Å². The number of allylic oxidation sites excluding steroid dienone is 10. The third-order valence-electron chi connectivity index (χ3n) is 5.92. The number of hydrogen-bond acceptors (Lipinski definition) is 2. The molecule has 3 rings (SSSR count). The fourth-order valence-corrected chi connectivity index (χ4v) is 4.09. The zero-order chi connectivity index (χ0) is 21.5. The van der Waals surface area contributed by atoms with E-state index in [2.05, 4.69) is 48.0 Å². The molecule has 1 saturated heterocycles. The number of rotatable bonds is 6. The van der Waals surface area contributed by atoms with E-state index in [1.54, 1.807) is 18.4 Å². The van der Waals surface area contributed by atoms with Crippen LogP contribution in [0, 0.1) is 11.8 Å². The van der Waals surface area contributed by atoms with E-state index >= 15 is 0 Å². The Bertz CT molecular complexity index is 895. The first-order valence-electron chi connectivity index (χ1n) is 10.9. The average Bonchev–Trinajstić information content (AvgIpc) is 3.26. The molecule has 0 saturated carbocycles. The molecule has 3 aliphatic rings. The summed E-state index contributed by atoms with van der Waals surface area (Å²) < 4.78 is 0. The van der Waals surface area contributed by atoms with Gasteiger partial charge in [-0.3, -0.25) is 4.79 Å². The fraction of sp³-hybridized carbons (Fsp3) is 0.385. The number of nitrogens with two attached hydrogens (primary N) is 1. The lowest BCUT2D eigenvalue weighted by molar-refractivity contribution is -0.125. The lowest BCUT2D eigenvalue weighted by atomic mass is 9.97. The average molecular weight is 404 g/mol. The Morgan fingerprint density at radius 1 is 1.30 bits per heavy atom. The van der Waals surface area contributed by atoms with Crippen LogP contribution < -0.4 is 5.73 Å². The minimum Gasteiger partial charge on any atom is -0.387 e. The maximum absolute atomic E-state index is 12.7. The van der Waals surface area contributed by atoms with E-state index in [4.69, 9.17) is 5.73 Å². The lowest BCUT2D eigenvalue weighted by Crippen LogP contribution is -2.27. The molecule has 2 unspecified atom stereocenters. The Kier molecular flexibility index (Phi) is 7.45.